The maximum atomic E-state index is 13.0. The lowest BCUT2D eigenvalue weighted by molar-refractivity contribution is -0.239. The van der Waals surface area contributed by atoms with Gasteiger partial charge < -0.3 is 19.8 Å². The molecule has 0 aliphatic carbocycles. The Kier molecular flexibility index (Phi) is 4.34. The molecule has 126 valence electrons. The Balaban J connectivity index is 1.78. The third kappa shape index (κ3) is 2.72. The first kappa shape index (κ1) is 16.4. The van der Waals surface area contributed by atoms with Crippen LogP contribution >= 0.6 is 11.8 Å². The molecule has 2 N–H and O–H groups in total. The van der Waals surface area contributed by atoms with Gasteiger partial charge in [-0.15, -0.1) is 0 Å². The van der Waals surface area contributed by atoms with Gasteiger partial charge in [-0.05, 0) is 6.42 Å². The molecular weight excluding hydrogens is 321 g/mol. The van der Waals surface area contributed by atoms with Crippen LogP contribution in [0.15, 0.2) is 4.99 Å². The van der Waals surface area contributed by atoms with Gasteiger partial charge in [0, 0.05) is 19.0 Å². The van der Waals surface area contributed by atoms with Crippen molar-refractivity contribution < 1.29 is 28.1 Å². The molecule has 0 aromatic heterocycles. The van der Waals surface area contributed by atoms with Gasteiger partial charge in [0.25, 0.3) is 0 Å². The summed E-state index contributed by atoms with van der Waals surface area (Å²) in [5.74, 6) is -2.54. The van der Waals surface area contributed by atoms with Crippen molar-refractivity contribution in [1.29, 1.82) is 0 Å². The second-order valence-electron chi connectivity index (χ2n) is 6.00. The van der Waals surface area contributed by atoms with Gasteiger partial charge in [0.15, 0.2) is 5.17 Å². The van der Waals surface area contributed by atoms with Crippen LogP contribution < -0.4 is 0 Å². The lowest BCUT2D eigenvalue weighted by Gasteiger charge is -2.42. The summed E-state index contributed by atoms with van der Waals surface area (Å²) in [6.07, 6.45) is -6.15. The number of aliphatic hydroxyl groups is 2. The van der Waals surface area contributed by atoms with E-state index in [9.17, 15) is 23.4 Å². The molecule has 0 aromatic carbocycles. The zero-order chi connectivity index (χ0) is 16.1. The number of alkyl halides is 3. The molecule has 0 amide bonds. The standard InChI is InChI=1S/C13H19F3N2O3S/c1-6(13(14,15)16)10-9(20)7(5-19)8-11(21-10)22-12(17-8)18-3-2-4-18/h6-11,19-20H,2-5H2,1H3/t6-,7?,8-,9+,10-,11-/m1/s1. The Bertz CT molecular complexity index is 458. The zero-order valence-electron chi connectivity index (χ0n) is 12.0. The number of rotatable bonds is 2. The molecule has 5 nitrogen and oxygen atoms in total. The minimum atomic E-state index is -4.46. The third-order valence-electron chi connectivity index (χ3n) is 4.61. The lowest BCUT2D eigenvalue weighted by atomic mass is 9.84. The van der Waals surface area contributed by atoms with E-state index >= 15 is 0 Å². The second-order valence-corrected chi connectivity index (χ2v) is 7.06. The predicted octanol–water partition coefficient (Wildman–Crippen LogP) is 1.06. The fourth-order valence-electron chi connectivity index (χ4n) is 2.96. The van der Waals surface area contributed by atoms with Crippen molar-refractivity contribution >= 4 is 16.9 Å². The minimum Gasteiger partial charge on any atom is -0.396 e. The van der Waals surface area contributed by atoms with E-state index in [0.29, 0.717) is 0 Å². The summed E-state index contributed by atoms with van der Waals surface area (Å²) in [4.78, 5) is 6.51. The summed E-state index contributed by atoms with van der Waals surface area (Å²) in [6.45, 7) is 2.34. The summed E-state index contributed by atoms with van der Waals surface area (Å²) in [5, 5.41) is 20.5. The summed E-state index contributed by atoms with van der Waals surface area (Å²) in [7, 11) is 0. The van der Waals surface area contributed by atoms with Crippen molar-refractivity contribution in [2.45, 2.75) is 43.2 Å². The molecule has 2 saturated heterocycles. The number of thioether (sulfide) groups is 1. The average Bonchev–Trinajstić information content (AvgIpc) is 2.77. The van der Waals surface area contributed by atoms with Gasteiger partial charge in [0.2, 0.25) is 0 Å². The number of likely N-dealkylation sites (tertiary alicyclic amines) is 1. The number of fused-ring (bicyclic) bond motifs is 1. The molecule has 22 heavy (non-hydrogen) atoms. The molecule has 0 radical (unpaired) electrons. The van der Waals surface area contributed by atoms with Crippen LogP contribution in [0.5, 0.6) is 0 Å². The maximum Gasteiger partial charge on any atom is 0.394 e. The number of ether oxygens (including phenoxy) is 1. The van der Waals surface area contributed by atoms with Crippen LogP contribution in [0.2, 0.25) is 0 Å². The van der Waals surface area contributed by atoms with Gasteiger partial charge >= 0.3 is 6.18 Å². The molecule has 3 rings (SSSR count). The van der Waals surface area contributed by atoms with E-state index in [1.54, 1.807) is 0 Å². The van der Waals surface area contributed by atoms with Gasteiger partial charge in [0.05, 0.1) is 30.8 Å². The molecule has 3 aliphatic rings. The largest absolute Gasteiger partial charge is 0.396 e. The molecule has 6 atom stereocenters. The monoisotopic (exact) mass is 340 g/mol. The predicted molar refractivity (Wildman–Crippen MR) is 75.5 cm³/mol. The Labute approximate surface area is 130 Å². The molecule has 3 heterocycles. The quantitative estimate of drug-likeness (QED) is 0.787. The van der Waals surface area contributed by atoms with Crippen LogP contribution in [0.1, 0.15) is 13.3 Å². The molecule has 0 saturated carbocycles. The smallest absolute Gasteiger partial charge is 0.394 e. The Morgan fingerprint density at radius 3 is 2.64 bits per heavy atom. The van der Waals surface area contributed by atoms with Crippen molar-refractivity contribution in [2.24, 2.45) is 16.8 Å². The van der Waals surface area contributed by atoms with Gasteiger partial charge in [-0.25, -0.2) is 0 Å². The number of hydrogen-bond acceptors (Lipinski definition) is 6. The number of aliphatic hydroxyl groups excluding tert-OH is 2. The molecule has 1 unspecified atom stereocenters. The van der Waals surface area contributed by atoms with Crippen LogP contribution in [0.25, 0.3) is 0 Å². The van der Waals surface area contributed by atoms with Gasteiger partial charge in [-0.2, -0.15) is 13.2 Å². The summed E-state index contributed by atoms with van der Waals surface area (Å²) in [6, 6.07) is -0.503. The van der Waals surface area contributed by atoms with Crippen molar-refractivity contribution in [2.75, 3.05) is 19.7 Å². The van der Waals surface area contributed by atoms with E-state index in [4.69, 9.17) is 4.74 Å². The highest BCUT2D eigenvalue weighted by atomic mass is 32.2. The summed E-state index contributed by atoms with van der Waals surface area (Å²) in [5.41, 5.74) is -0.578. The summed E-state index contributed by atoms with van der Waals surface area (Å²) < 4.78 is 44.4. The molecule has 0 aromatic rings. The molecule has 0 spiro atoms. The van der Waals surface area contributed by atoms with Gasteiger partial charge in [-0.1, -0.05) is 18.7 Å². The van der Waals surface area contributed by atoms with E-state index in [0.717, 1.165) is 31.6 Å². The van der Waals surface area contributed by atoms with Crippen LogP contribution in [0, 0.1) is 11.8 Å². The Hall–Kier alpha value is -0.510. The molecule has 2 fully saturated rings. The number of nitrogens with zero attached hydrogens (tertiary/aromatic N) is 2. The van der Waals surface area contributed by atoms with E-state index in [1.807, 2.05) is 4.90 Å². The number of aliphatic imine (C=N–C) groups is 1. The molecule has 0 bridgehead atoms. The van der Waals surface area contributed by atoms with Gasteiger partial charge in [0.1, 0.15) is 5.44 Å². The van der Waals surface area contributed by atoms with Crippen molar-refractivity contribution in [3.8, 4) is 0 Å². The highest BCUT2D eigenvalue weighted by molar-refractivity contribution is 8.14. The Morgan fingerprint density at radius 2 is 2.14 bits per heavy atom. The maximum absolute atomic E-state index is 13.0. The van der Waals surface area contributed by atoms with Crippen LogP contribution in [-0.4, -0.2) is 69.8 Å². The normalized spacial score (nSPS) is 40.0. The number of amidine groups is 1. The molecular formula is C13H19F3N2O3S. The van der Waals surface area contributed by atoms with E-state index < -0.39 is 48.3 Å². The van der Waals surface area contributed by atoms with E-state index in [-0.39, 0.29) is 0 Å². The molecule has 9 heteroatoms. The number of halogens is 3. The SMILES string of the molecule is C[C@H]([C@H]1O[C@@H]2SC(N3CCC3)=N[C@@H]2C(CO)[C@@H]1O)C(F)(F)F. The highest BCUT2D eigenvalue weighted by Crippen LogP contribution is 2.44. The van der Waals surface area contributed by atoms with E-state index in [2.05, 4.69) is 4.99 Å². The van der Waals surface area contributed by atoms with Crippen molar-refractivity contribution in [3.63, 3.8) is 0 Å². The fourth-order valence-corrected chi connectivity index (χ4v) is 4.27. The minimum absolute atomic E-state index is 0.413. The van der Waals surface area contributed by atoms with Crippen LogP contribution in [0.4, 0.5) is 13.2 Å². The first-order valence-electron chi connectivity index (χ1n) is 7.33. The highest BCUT2D eigenvalue weighted by Gasteiger charge is 2.55. The van der Waals surface area contributed by atoms with Crippen LogP contribution in [0.3, 0.4) is 0 Å². The Morgan fingerprint density at radius 1 is 1.45 bits per heavy atom. The average molecular weight is 340 g/mol. The van der Waals surface area contributed by atoms with Crippen molar-refractivity contribution in [3.05, 3.63) is 0 Å². The first-order valence-corrected chi connectivity index (χ1v) is 8.21. The number of hydrogen-bond donors (Lipinski definition) is 2. The summed E-state index contributed by atoms with van der Waals surface area (Å²) >= 11 is 1.30. The lowest BCUT2D eigenvalue weighted by Crippen LogP contribution is -2.56. The third-order valence-corrected chi connectivity index (χ3v) is 5.81. The topological polar surface area (TPSA) is 65.3 Å². The van der Waals surface area contributed by atoms with Crippen LogP contribution in [-0.2, 0) is 4.74 Å². The van der Waals surface area contributed by atoms with Crippen molar-refractivity contribution in [1.82, 2.24) is 4.90 Å². The first-order chi connectivity index (χ1) is 10.3. The zero-order valence-corrected chi connectivity index (χ0v) is 12.8. The van der Waals surface area contributed by atoms with Gasteiger partial charge in [-0.3, -0.25) is 4.99 Å². The fraction of sp³-hybridized carbons (Fsp3) is 0.923. The molecule has 3 aliphatic heterocycles. The van der Waals surface area contributed by atoms with E-state index in [1.165, 1.54) is 11.8 Å². The second kappa shape index (κ2) is 5.85.